The zero-order chi connectivity index (χ0) is 14.7. The lowest BCUT2D eigenvalue weighted by molar-refractivity contribution is -0.387. The maximum absolute atomic E-state index is 11.7. The van der Waals surface area contributed by atoms with Crippen molar-refractivity contribution >= 4 is 11.7 Å². The number of carboxylic acid groups (broad SMARTS) is 1. The third-order valence-corrected chi connectivity index (χ3v) is 2.31. The van der Waals surface area contributed by atoms with Crippen molar-refractivity contribution in [1.82, 2.24) is 9.13 Å². The van der Waals surface area contributed by atoms with Crippen LogP contribution in [0.15, 0.2) is 15.8 Å². The Bertz CT molecular complexity index is 630. The van der Waals surface area contributed by atoms with Crippen molar-refractivity contribution in [3.05, 3.63) is 37.1 Å². The number of aliphatic hydroxyl groups excluding tert-OH is 1. The van der Waals surface area contributed by atoms with Gasteiger partial charge in [0.05, 0.1) is 30.2 Å². The van der Waals surface area contributed by atoms with E-state index >= 15 is 0 Å². The van der Waals surface area contributed by atoms with Gasteiger partial charge in [-0.2, -0.15) is 0 Å². The molecule has 0 aliphatic carbocycles. The van der Waals surface area contributed by atoms with Crippen molar-refractivity contribution in [3.8, 4) is 0 Å². The predicted octanol–water partition coefficient (Wildman–Crippen LogP) is -1.71. The molecular formula is C9H11N3O7. The number of hydrogen-bond acceptors (Lipinski definition) is 6. The molecule has 0 aromatic carbocycles. The van der Waals surface area contributed by atoms with E-state index in [4.69, 9.17) is 5.11 Å². The maximum atomic E-state index is 11.7. The molecule has 0 saturated carbocycles. The number of carboxylic acids is 1. The molecular weight excluding hydrogens is 262 g/mol. The number of rotatable bonds is 5. The summed E-state index contributed by atoms with van der Waals surface area (Å²) in [6, 6.07) is 0. The lowest BCUT2D eigenvalue weighted by Gasteiger charge is -2.10. The fraction of sp³-hybridized carbons (Fsp3) is 0.444. The molecule has 0 radical (unpaired) electrons. The van der Waals surface area contributed by atoms with Gasteiger partial charge in [-0.3, -0.25) is 28.8 Å². The van der Waals surface area contributed by atoms with Crippen LogP contribution in [0.3, 0.4) is 0 Å². The second kappa shape index (κ2) is 5.44. The molecule has 10 heteroatoms. The van der Waals surface area contributed by atoms with E-state index < -0.39 is 46.9 Å². The number of aliphatic hydroxyl groups is 1. The van der Waals surface area contributed by atoms with Gasteiger partial charge in [0, 0.05) is 7.05 Å². The lowest BCUT2D eigenvalue weighted by Crippen LogP contribution is -2.42. The van der Waals surface area contributed by atoms with E-state index in [0.29, 0.717) is 4.57 Å². The minimum atomic E-state index is -1.50. The standard InChI is InChI=1S/C9H11N3O7/c1-10-4-6(12(18)19)8(16)11(9(10)17)3-5(13)2-7(14)15/h4-5,13H,2-3H2,1H3,(H,14,15). The highest BCUT2D eigenvalue weighted by Crippen LogP contribution is 2.00. The first-order valence-electron chi connectivity index (χ1n) is 5.08. The highest BCUT2D eigenvalue weighted by molar-refractivity contribution is 5.67. The average Bonchev–Trinajstić information content (AvgIpc) is 2.28. The van der Waals surface area contributed by atoms with E-state index in [1.807, 2.05) is 0 Å². The second-order valence-corrected chi connectivity index (χ2v) is 3.83. The SMILES string of the molecule is Cn1cc([N+](=O)[O-])c(=O)n(CC(O)CC(=O)O)c1=O. The fourth-order valence-corrected chi connectivity index (χ4v) is 1.47. The monoisotopic (exact) mass is 273 g/mol. The van der Waals surface area contributed by atoms with E-state index in [2.05, 4.69) is 0 Å². The van der Waals surface area contributed by atoms with Crippen LogP contribution in [0.2, 0.25) is 0 Å². The molecule has 104 valence electrons. The van der Waals surface area contributed by atoms with Gasteiger partial charge in [-0.25, -0.2) is 4.79 Å². The average molecular weight is 273 g/mol. The molecule has 10 nitrogen and oxygen atoms in total. The first-order valence-corrected chi connectivity index (χ1v) is 5.08. The van der Waals surface area contributed by atoms with E-state index in [-0.39, 0.29) is 0 Å². The van der Waals surface area contributed by atoms with Crippen molar-refractivity contribution in [2.75, 3.05) is 0 Å². The van der Waals surface area contributed by atoms with Gasteiger partial charge < -0.3 is 10.2 Å². The normalized spacial score (nSPS) is 12.1. The van der Waals surface area contributed by atoms with Gasteiger partial charge in [0.15, 0.2) is 0 Å². The van der Waals surface area contributed by atoms with Gasteiger partial charge in [0.2, 0.25) is 0 Å². The van der Waals surface area contributed by atoms with Crippen molar-refractivity contribution in [2.24, 2.45) is 7.05 Å². The minimum Gasteiger partial charge on any atom is -0.481 e. The Kier molecular flexibility index (Phi) is 4.17. The van der Waals surface area contributed by atoms with Crippen LogP contribution in [0.25, 0.3) is 0 Å². The van der Waals surface area contributed by atoms with Crippen LogP contribution in [0.5, 0.6) is 0 Å². The topological polar surface area (TPSA) is 145 Å². The van der Waals surface area contributed by atoms with E-state index in [0.717, 1.165) is 10.8 Å². The number of hydrogen-bond donors (Lipinski definition) is 2. The zero-order valence-electron chi connectivity index (χ0n) is 9.85. The highest BCUT2D eigenvalue weighted by Gasteiger charge is 2.21. The first kappa shape index (κ1) is 14.6. The van der Waals surface area contributed by atoms with E-state index in [9.17, 15) is 29.6 Å². The minimum absolute atomic E-state index is 0.436. The van der Waals surface area contributed by atoms with Crippen LogP contribution in [0.4, 0.5) is 5.69 Å². The molecule has 1 rings (SSSR count). The summed E-state index contributed by atoms with van der Waals surface area (Å²) in [5.41, 5.74) is -2.89. The van der Waals surface area contributed by atoms with Crippen LogP contribution in [0.1, 0.15) is 6.42 Å². The Morgan fingerprint density at radius 3 is 2.58 bits per heavy atom. The summed E-state index contributed by atoms with van der Waals surface area (Å²) in [7, 11) is 1.20. The maximum Gasteiger partial charge on any atom is 0.350 e. The largest absolute Gasteiger partial charge is 0.481 e. The Hall–Kier alpha value is -2.49. The molecule has 0 aliphatic heterocycles. The first-order chi connectivity index (χ1) is 8.73. The van der Waals surface area contributed by atoms with Crippen molar-refractivity contribution in [2.45, 2.75) is 19.1 Å². The highest BCUT2D eigenvalue weighted by atomic mass is 16.6. The number of aromatic nitrogens is 2. The number of aliphatic carboxylic acids is 1. The number of aryl methyl sites for hydroxylation is 1. The smallest absolute Gasteiger partial charge is 0.350 e. The predicted molar refractivity (Wildman–Crippen MR) is 60.9 cm³/mol. The van der Waals surface area contributed by atoms with Crippen LogP contribution in [-0.4, -0.2) is 36.3 Å². The summed E-state index contributed by atoms with van der Waals surface area (Å²) in [6.07, 6.45) is -1.41. The molecule has 1 heterocycles. The molecule has 1 atom stereocenters. The molecule has 0 bridgehead atoms. The van der Waals surface area contributed by atoms with Gasteiger partial charge in [-0.15, -0.1) is 0 Å². The van der Waals surface area contributed by atoms with Gasteiger partial charge in [0.25, 0.3) is 0 Å². The lowest BCUT2D eigenvalue weighted by atomic mass is 10.2. The third-order valence-electron chi connectivity index (χ3n) is 2.31. The molecule has 0 fully saturated rings. The van der Waals surface area contributed by atoms with Gasteiger partial charge in [0.1, 0.15) is 0 Å². The van der Waals surface area contributed by atoms with E-state index in [1.54, 1.807) is 0 Å². The Balaban J connectivity index is 3.27. The van der Waals surface area contributed by atoms with Gasteiger partial charge in [-0.05, 0) is 0 Å². The number of nitro groups is 1. The fourth-order valence-electron chi connectivity index (χ4n) is 1.47. The quantitative estimate of drug-likeness (QED) is 0.480. The summed E-state index contributed by atoms with van der Waals surface area (Å²) in [5.74, 6) is -1.32. The van der Waals surface area contributed by atoms with Crippen molar-refractivity contribution in [1.29, 1.82) is 0 Å². The number of carbonyl (C=O) groups is 1. The Labute approximate surface area is 105 Å². The van der Waals surface area contributed by atoms with Gasteiger partial charge >= 0.3 is 22.9 Å². The van der Waals surface area contributed by atoms with Crippen LogP contribution in [-0.2, 0) is 18.4 Å². The summed E-state index contributed by atoms with van der Waals surface area (Å²) in [4.78, 5) is 43.3. The van der Waals surface area contributed by atoms with Crippen molar-refractivity contribution in [3.63, 3.8) is 0 Å². The Morgan fingerprint density at radius 1 is 1.53 bits per heavy atom. The number of nitrogens with zero attached hydrogens (tertiary/aromatic N) is 3. The molecule has 1 aromatic rings. The van der Waals surface area contributed by atoms with E-state index in [1.165, 1.54) is 7.05 Å². The third kappa shape index (κ3) is 3.25. The van der Waals surface area contributed by atoms with Gasteiger partial charge in [-0.1, -0.05) is 0 Å². The Morgan fingerprint density at radius 2 is 2.11 bits per heavy atom. The van der Waals surface area contributed by atoms with Crippen LogP contribution < -0.4 is 11.2 Å². The zero-order valence-corrected chi connectivity index (χ0v) is 9.85. The van der Waals surface area contributed by atoms with Crippen LogP contribution >= 0.6 is 0 Å². The summed E-state index contributed by atoms with van der Waals surface area (Å²) >= 11 is 0. The van der Waals surface area contributed by atoms with Crippen LogP contribution in [0, 0.1) is 10.1 Å². The molecule has 2 N–H and O–H groups in total. The molecule has 0 saturated heterocycles. The molecule has 1 unspecified atom stereocenters. The molecule has 1 aromatic heterocycles. The molecule has 0 amide bonds. The molecule has 0 spiro atoms. The summed E-state index contributed by atoms with van der Waals surface area (Å²) in [6.45, 7) is -0.626. The molecule has 0 aliphatic rings. The summed E-state index contributed by atoms with van der Waals surface area (Å²) < 4.78 is 1.25. The summed E-state index contributed by atoms with van der Waals surface area (Å²) in [5, 5.41) is 28.5. The second-order valence-electron chi connectivity index (χ2n) is 3.83. The van der Waals surface area contributed by atoms with Crippen molar-refractivity contribution < 1.29 is 19.9 Å². The molecule has 19 heavy (non-hydrogen) atoms.